The molecule has 0 aliphatic heterocycles. The molecule has 2 atom stereocenters. The number of nitrogens with one attached hydrogen (secondary N) is 1. The van der Waals surface area contributed by atoms with Crippen LogP contribution >= 0.6 is 0 Å². The molecule has 1 aromatic carbocycles. The number of fused-ring (bicyclic) bond motifs is 1. The Morgan fingerprint density at radius 3 is 2.84 bits per heavy atom. The number of hydrogen-bond donors (Lipinski definition) is 2. The summed E-state index contributed by atoms with van der Waals surface area (Å²) in [5, 5.41) is 13.2. The lowest BCUT2D eigenvalue weighted by Crippen LogP contribution is -2.43. The number of benzene rings is 1. The van der Waals surface area contributed by atoms with Crippen LogP contribution < -0.4 is 5.32 Å². The topological polar surface area (TPSA) is 58.6 Å². The van der Waals surface area contributed by atoms with Gasteiger partial charge in [0, 0.05) is 6.04 Å². The summed E-state index contributed by atoms with van der Waals surface area (Å²) in [6.07, 6.45) is 1.73. The minimum Gasteiger partial charge on any atom is -0.508 e. The molecule has 0 bridgehead atoms. The molecule has 0 heterocycles. The van der Waals surface area contributed by atoms with E-state index < -0.39 is 0 Å². The Balaban J connectivity index is 2.18. The molecule has 0 saturated heterocycles. The minimum atomic E-state index is -0.316. The van der Waals surface area contributed by atoms with Crippen molar-refractivity contribution in [3.05, 3.63) is 29.3 Å². The van der Waals surface area contributed by atoms with E-state index in [4.69, 9.17) is 4.74 Å². The van der Waals surface area contributed by atoms with Crippen LogP contribution in [0.5, 0.6) is 5.75 Å². The molecular formula is C15H21NO3. The summed E-state index contributed by atoms with van der Waals surface area (Å²) in [5.41, 5.74) is 2.09. The van der Waals surface area contributed by atoms with Gasteiger partial charge in [-0.1, -0.05) is 26.0 Å². The molecule has 0 amide bonds. The highest BCUT2D eigenvalue weighted by atomic mass is 16.5. The summed E-state index contributed by atoms with van der Waals surface area (Å²) in [7, 11) is 1.41. The lowest BCUT2D eigenvalue weighted by atomic mass is 10.0. The molecular weight excluding hydrogens is 242 g/mol. The van der Waals surface area contributed by atoms with Crippen molar-refractivity contribution in [2.45, 2.75) is 38.8 Å². The SMILES string of the molecule is COC(=O)C(NC1CCc2c(O)cccc21)C(C)C. The van der Waals surface area contributed by atoms with Crippen molar-refractivity contribution in [3.63, 3.8) is 0 Å². The quantitative estimate of drug-likeness (QED) is 0.817. The minimum absolute atomic E-state index is 0.105. The number of aromatic hydroxyl groups is 1. The Morgan fingerprint density at radius 1 is 1.47 bits per heavy atom. The fourth-order valence-electron chi connectivity index (χ4n) is 2.68. The Bertz CT molecular complexity index is 470. The fraction of sp³-hybridized carbons (Fsp3) is 0.533. The first-order valence-electron chi connectivity index (χ1n) is 6.69. The third-order valence-corrected chi connectivity index (χ3v) is 3.75. The van der Waals surface area contributed by atoms with Crippen LogP contribution in [-0.4, -0.2) is 24.2 Å². The van der Waals surface area contributed by atoms with Crippen LogP contribution in [0.25, 0.3) is 0 Å². The largest absolute Gasteiger partial charge is 0.508 e. The molecule has 4 heteroatoms. The maximum absolute atomic E-state index is 11.8. The second kappa shape index (κ2) is 5.61. The van der Waals surface area contributed by atoms with E-state index >= 15 is 0 Å². The summed E-state index contributed by atoms with van der Waals surface area (Å²) in [4.78, 5) is 11.8. The van der Waals surface area contributed by atoms with Gasteiger partial charge < -0.3 is 9.84 Å². The molecule has 104 valence electrons. The van der Waals surface area contributed by atoms with Gasteiger partial charge in [0.25, 0.3) is 0 Å². The second-order valence-electron chi connectivity index (χ2n) is 5.35. The maximum Gasteiger partial charge on any atom is 0.323 e. The van der Waals surface area contributed by atoms with Crippen molar-refractivity contribution < 1.29 is 14.6 Å². The van der Waals surface area contributed by atoms with Crippen LogP contribution in [0.2, 0.25) is 0 Å². The molecule has 0 aromatic heterocycles. The van der Waals surface area contributed by atoms with E-state index in [2.05, 4.69) is 5.32 Å². The summed E-state index contributed by atoms with van der Waals surface area (Å²) in [6, 6.07) is 5.35. The molecule has 2 rings (SSSR count). The molecule has 2 unspecified atom stereocenters. The molecule has 1 aliphatic carbocycles. The number of phenols is 1. The Labute approximate surface area is 113 Å². The van der Waals surface area contributed by atoms with E-state index in [0.717, 1.165) is 24.0 Å². The number of carbonyl (C=O) groups excluding carboxylic acids is 1. The number of esters is 1. The lowest BCUT2D eigenvalue weighted by Gasteiger charge is -2.24. The predicted molar refractivity (Wildman–Crippen MR) is 72.9 cm³/mol. The van der Waals surface area contributed by atoms with Crippen molar-refractivity contribution >= 4 is 5.97 Å². The van der Waals surface area contributed by atoms with Crippen LogP contribution in [0.3, 0.4) is 0 Å². The van der Waals surface area contributed by atoms with Crippen LogP contribution in [0.4, 0.5) is 0 Å². The average molecular weight is 263 g/mol. The first kappa shape index (κ1) is 13.9. The normalized spacial score (nSPS) is 19.3. The zero-order valence-corrected chi connectivity index (χ0v) is 11.6. The monoisotopic (exact) mass is 263 g/mol. The first-order valence-corrected chi connectivity index (χ1v) is 6.69. The Morgan fingerprint density at radius 2 is 2.21 bits per heavy atom. The number of methoxy groups -OCH3 is 1. The van der Waals surface area contributed by atoms with E-state index in [1.807, 2.05) is 26.0 Å². The van der Waals surface area contributed by atoms with Gasteiger partial charge in [0.05, 0.1) is 7.11 Å². The van der Waals surface area contributed by atoms with E-state index in [9.17, 15) is 9.90 Å². The summed E-state index contributed by atoms with van der Waals surface area (Å²) >= 11 is 0. The zero-order valence-electron chi connectivity index (χ0n) is 11.6. The molecule has 4 nitrogen and oxygen atoms in total. The van der Waals surface area contributed by atoms with Gasteiger partial charge >= 0.3 is 5.97 Å². The summed E-state index contributed by atoms with van der Waals surface area (Å²) < 4.78 is 4.84. The third kappa shape index (κ3) is 2.73. The Kier molecular flexibility index (Phi) is 4.10. The highest BCUT2D eigenvalue weighted by molar-refractivity contribution is 5.76. The van der Waals surface area contributed by atoms with Crippen LogP contribution in [0, 0.1) is 5.92 Å². The number of carbonyl (C=O) groups is 1. The predicted octanol–water partition coefficient (Wildman–Crippen LogP) is 2.17. The third-order valence-electron chi connectivity index (χ3n) is 3.75. The Hall–Kier alpha value is -1.55. The maximum atomic E-state index is 11.8. The van der Waals surface area contributed by atoms with E-state index in [0.29, 0.717) is 5.75 Å². The van der Waals surface area contributed by atoms with Gasteiger partial charge in [-0.2, -0.15) is 0 Å². The molecule has 0 radical (unpaired) electrons. The lowest BCUT2D eigenvalue weighted by molar-refractivity contribution is -0.144. The standard InChI is InChI=1S/C15H21NO3/c1-9(2)14(15(18)19-3)16-12-8-7-11-10(12)5-4-6-13(11)17/h4-6,9,12,14,16-17H,7-8H2,1-3H3. The van der Waals surface area contributed by atoms with Crippen LogP contribution in [0.1, 0.15) is 37.4 Å². The molecule has 0 saturated carbocycles. The fourth-order valence-corrected chi connectivity index (χ4v) is 2.68. The number of hydrogen-bond acceptors (Lipinski definition) is 4. The highest BCUT2D eigenvalue weighted by Gasteiger charge is 2.31. The molecule has 19 heavy (non-hydrogen) atoms. The summed E-state index contributed by atoms with van der Waals surface area (Å²) in [5.74, 6) is 0.276. The second-order valence-corrected chi connectivity index (χ2v) is 5.35. The molecule has 0 spiro atoms. The van der Waals surface area contributed by atoms with E-state index in [-0.39, 0.29) is 24.0 Å². The van der Waals surface area contributed by atoms with Gasteiger partial charge in [-0.25, -0.2) is 0 Å². The van der Waals surface area contributed by atoms with Gasteiger partial charge in [-0.3, -0.25) is 10.1 Å². The van der Waals surface area contributed by atoms with Gasteiger partial charge in [0.15, 0.2) is 0 Å². The number of rotatable bonds is 4. The van der Waals surface area contributed by atoms with Crippen LogP contribution in [-0.2, 0) is 16.0 Å². The van der Waals surface area contributed by atoms with E-state index in [1.54, 1.807) is 6.07 Å². The summed E-state index contributed by atoms with van der Waals surface area (Å²) in [6.45, 7) is 3.99. The first-order chi connectivity index (χ1) is 9.04. The highest BCUT2D eigenvalue weighted by Crippen LogP contribution is 2.36. The van der Waals surface area contributed by atoms with Crippen molar-refractivity contribution in [1.82, 2.24) is 5.32 Å². The molecule has 1 aliphatic rings. The number of ether oxygens (including phenoxy) is 1. The molecule has 0 fully saturated rings. The molecule has 1 aromatic rings. The van der Waals surface area contributed by atoms with Gasteiger partial charge in [-0.05, 0) is 36.0 Å². The zero-order chi connectivity index (χ0) is 14.0. The van der Waals surface area contributed by atoms with Gasteiger partial charge in [-0.15, -0.1) is 0 Å². The van der Waals surface area contributed by atoms with Crippen molar-refractivity contribution in [2.24, 2.45) is 5.92 Å². The molecule has 2 N–H and O–H groups in total. The average Bonchev–Trinajstić information content (AvgIpc) is 2.79. The van der Waals surface area contributed by atoms with Crippen LogP contribution in [0.15, 0.2) is 18.2 Å². The van der Waals surface area contributed by atoms with Gasteiger partial charge in [0.2, 0.25) is 0 Å². The van der Waals surface area contributed by atoms with Crippen molar-refractivity contribution in [2.75, 3.05) is 7.11 Å². The van der Waals surface area contributed by atoms with Crippen molar-refractivity contribution in [1.29, 1.82) is 0 Å². The smallest absolute Gasteiger partial charge is 0.323 e. The van der Waals surface area contributed by atoms with E-state index in [1.165, 1.54) is 7.11 Å². The van der Waals surface area contributed by atoms with Crippen molar-refractivity contribution in [3.8, 4) is 5.75 Å². The van der Waals surface area contributed by atoms with Gasteiger partial charge in [0.1, 0.15) is 11.8 Å². The number of phenolic OH excluding ortho intramolecular Hbond substituents is 1.